The second kappa shape index (κ2) is 9.60. The van der Waals surface area contributed by atoms with E-state index in [1.54, 1.807) is 18.0 Å². The molecule has 1 N–H and O–H groups in total. The molecular formula is C16H13Br3N2O2S. The zero-order chi connectivity index (χ0) is 17.5. The van der Waals surface area contributed by atoms with E-state index in [4.69, 9.17) is 4.74 Å². The van der Waals surface area contributed by atoms with E-state index in [0.29, 0.717) is 5.75 Å². The standard InChI is InChI=1S/C16H13Br3N2O2S/c1-24-12-4-2-10(3-5-12)8-20-21-15(22)9-23-16-13(18)6-11(17)7-14(16)19/h2-8H,9H2,1H3,(H,21,22)/b20-8-. The molecule has 2 rings (SSSR count). The Balaban J connectivity index is 1.86. The molecule has 0 atom stereocenters. The first-order valence-electron chi connectivity index (χ1n) is 6.73. The molecule has 0 heterocycles. The van der Waals surface area contributed by atoms with E-state index in [1.165, 1.54) is 4.90 Å². The predicted molar refractivity (Wildman–Crippen MR) is 109 cm³/mol. The summed E-state index contributed by atoms with van der Waals surface area (Å²) in [5, 5.41) is 3.93. The first-order valence-corrected chi connectivity index (χ1v) is 10.3. The summed E-state index contributed by atoms with van der Waals surface area (Å²) < 4.78 is 7.90. The summed E-state index contributed by atoms with van der Waals surface area (Å²) in [6.07, 6.45) is 3.61. The van der Waals surface area contributed by atoms with Crippen LogP contribution in [-0.2, 0) is 4.79 Å². The predicted octanol–water partition coefficient (Wildman–Crippen LogP) is 5.23. The number of carbonyl (C=O) groups excluding carboxylic acids is 1. The maximum atomic E-state index is 11.8. The van der Waals surface area contributed by atoms with E-state index in [1.807, 2.05) is 42.7 Å². The lowest BCUT2D eigenvalue weighted by Crippen LogP contribution is -2.24. The third kappa shape index (κ3) is 5.91. The maximum absolute atomic E-state index is 11.8. The molecular weight excluding hydrogens is 524 g/mol. The fourth-order valence-electron chi connectivity index (χ4n) is 1.71. The van der Waals surface area contributed by atoms with E-state index in [-0.39, 0.29) is 12.5 Å². The van der Waals surface area contributed by atoms with Gasteiger partial charge in [-0.05, 0) is 67.9 Å². The molecule has 24 heavy (non-hydrogen) atoms. The molecule has 2 aromatic carbocycles. The van der Waals surface area contributed by atoms with Gasteiger partial charge in [0.25, 0.3) is 5.91 Å². The van der Waals surface area contributed by atoms with Gasteiger partial charge in [-0.15, -0.1) is 11.8 Å². The molecule has 0 radical (unpaired) electrons. The molecule has 4 nitrogen and oxygen atoms in total. The number of thioether (sulfide) groups is 1. The van der Waals surface area contributed by atoms with Crippen molar-refractivity contribution in [3.63, 3.8) is 0 Å². The molecule has 0 spiro atoms. The molecule has 0 saturated carbocycles. The lowest BCUT2D eigenvalue weighted by Gasteiger charge is -2.09. The number of halogens is 3. The third-order valence-corrected chi connectivity index (χ3v) is 5.21. The normalized spacial score (nSPS) is 10.8. The van der Waals surface area contributed by atoms with Gasteiger partial charge < -0.3 is 4.74 Å². The first kappa shape index (κ1) is 19.5. The average molecular weight is 537 g/mol. The summed E-state index contributed by atoms with van der Waals surface area (Å²) in [5.74, 6) is 0.221. The van der Waals surface area contributed by atoms with Crippen LogP contribution in [0.25, 0.3) is 0 Å². The highest BCUT2D eigenvalue weighted by atomic mass is 79.9. The van der Waals surface area contributed by atoms with E-state index < -0.39 is 0 Å². The molecule has 0 aliphatic heterocycles. The van der Waals surface area contributed by atoms with Gasteiger partial charge in [0.1, 0.15) is 5.75 Å². The smallest absolute Gasteiger partial charge is 0.277 e. The van der Waals surface area contributed by atoms with Crippen LogP contribution in [0, 0.1) is 0 Å². The number of benzene rings is 2. The fraction of sp³-hybridized carbons (Fsp3) is 0.125. The van der Waals surface area contributed by atoms with Crippen molar-refractivity contribution in [1.29, 1.82) is 0 Å². The minimum atomic E-state index is -0.339. The van der Waals surface area contributed by atoms with Crippen molar-refractivity contribution in [1.82, 2.24) is 5.43 Å². The third-order valence-electron chi connectivity index (χ3n) is 2.83. The zero-order valence-corrected chi connectivity index (χ0v) is 18.1. The number of nitrogens with one attached hydrogen (secondary N) is 1. The monoisotopic (exact) mass is 534 g/mol. The van der Waals surface area contributed by atoms with Crippen molar-refractivity contribution in [2.75, 3.05) is 12.9 Å². The Morgan fingerprint density at radius 3 is 2.42 bits per heavy atom. The van der Waals surface area contributed by atoms with Crippen molar-refractivity contribution in [2.45, 2.75) is 4.90 Å². The van der Waals surface area contributed by atoms with Crippen molar-refractivity contribution in [3.8, 4) is 5.75 Å². The second-order valence-corrected chi connectivity index (χ2v) is 8.06. The number of nitrogens with zero attached hydrogens (tertiary/aromatic N) is 1. The summed E-state index contributed by atoms with van der Waals surface area (Å²) in [6.45, 7) is -0.137. The SMILES string of the molecule is CSc1ccc(/C=N\NC(=O)COc2c(Br)cc(Br)cc2Br)cc1. The highest BCUT2D eigenvalue weighted by Crippen LogP contribution is 2.36. The molecule has 0 fully saturated rings. The van der Waals surface area contributed by atoms with E-state index in [0.717, 1.165) is 19.0 Å². The van der Waals surface area contributed by atoms with E-state index >= 15 is 0 Å². The summed E-state index contributed by atoms with van der Waals surface area (Å²) in [4.78, 5) is 13.0. The van der Waals surface area contributed by atoms with E-state index in [9.17, 15) is 4.79 Å². The summed E-state index contributed by atoms with van der Waals surface area (Å²) in [5.41, 5.74) is 3.35. The Morgan fingerprint density at radius 2 is 1.83 bits per heavy atom. The number of hydrazone groups is 1. The first-order chi connectivity index (χ1) is 11.5. The fourth-order valence-corrected chi connectivity index (χ4v) is 4.60. The van der Waals surface area contributed by atoms with Crippen molar-refractivity contribution in [3.05, 3.63) is 55.4 Å². The molecule has 0 saturated heterocycles. The number of hydrogen-bond acceptors (Lipinski definition) is 4. The van der Waals surface area contributed by atoms with E-state index in [2.05, 4.69) is 58.3 Å². The average Bonchev–Trinajstić information content (AvgIpc) is 2.54. The lowest BCUT2D eigenvalue weighted by molar-refractivity contribution is -0.123. The molecule has 0 aliphatic carbocycles. The molecule has 0 aromatic heterocycles. The second-order valence-electron chi connectivity index (χ2n) is 4.55. The van der Waals surface area contributed by atoms with Crippen LogP contribution in [-0.4, -0.2) is 25.0 Å². The molecule has 2 aromatic rings. The Bertz CT molecular complexity index is 728. The Hall–Kier alpha value is -0.830. The van der Waals surface area contributed by atoms with Crippen LogP contribution in [0.5, 0.6) is 5.75 Å². The van der Waals surface area contributed by atoms with Crippen LogP contribution < -0.4 is 10.2 Å². The van der Waals surface area contributed by atoms with Crippen LogP contribution in [0.15, 0.2) is 59.8 Å². The zero-order valence-electron chi connectivity index (χ0n) is 12.6. The Morgan fingerprint density at radius 1 is 1.21 bits per heavy atom. The highest BCUT2D eigenvalue weighted by molar-refractivity contribution is 9.11. The van der Waals surface area contributed by atoms with Gasteiger partial charge in [0.15, 0.2) is 6.61 Å². The summed E-state index contributed by atoms with van der Waals surface area (Å²) in [6, 6.07) is 11.6. The number of amides is 1. The van der Waals surface area contributed by atoms with Gasteiger partial charge in [0, 0.05) is 9.37 Å². The Labute approximate surface area is 169 Å². The lowest BCUT2D eigenvalue weighted by atomic mass is 10.2. The van der Waals surface area contributed by atoms with Gasteiger partial charge in [-0.25, -0.2) is 5.43 Å². The van der Waals surface area contributed by atoms with Gasteiger partial charge in [-0.3, -0.25) is 4.79 Å². The molecule has 126 valence electrons. The number of rotatable bonds is 6. The van der Waals surface area contributed by atoms with Crippen LogP contribution in [0.1, 0.15) is 5.56 Å². The minimum Gasteiger partial charge on any atom is -0.481 e. The molecule has 1 amide bonds. The van der Waals surface area contributed by atoms with Gasteiger partial charge in [-0.2, -0.15) is 5.10 Å². The summed E-state index contributed by atoms with van der Waals surface area (Å²) >= 11 is 11.8. The van der Waals surface area contributed by atoms with Crippen LogP contribution >= 0.6 is 59.6 Å². The molecule has 8 heteroatoms. The molecule has 0 unspecified atom stereocenters. The number of carbonyl (C=O) groups is 1. The van der Waals surface area contributed by atoms with Crippen molar-refractivity contribution < 1.29 is 9.53 Å². The van der Waals surface area contributed by atoms with Crippen molar-refractivity contribution in [2.24, 2.45) is 5.10 Å². The quantitative estimate of drug-likeness (QED) is 0.313. The van der Waals surface area contributed by atoms with Crippen LogP contribution in [0.3, 0.4) is 0 Å². The minimum absolute atomic E-state index is 0.137. The molecule has 0 aliphatic rings. The Kier molecular flexibility index (Phi) is 7.80. The maximum Gasteiger partial charge on any atom is 0.277 e. The van der Waals surface area contributed by atoms with Gasteiger partial charge in [0.05, 0.1) is 15.2 Å². The topological polar surface area (TPSA) is 50.7 Å². The van der Waals surface area contributed by atoms with Gasteiger partial charge in [-0.1, -0.05) is 28.1 Å². The highest BCUT2D eigenvalue weighted by Gasteiger charge is 2.10. The van der Waals surface area contributed by atoms with Gasteiger partial charge in [0.2, 0.25) is 0 Å². The van der Waals surface area contributed by atoms with Gasteiger partial charge >= 0.3 is 0 Å². The summed E-state index contributed by atoms with van der Waals surface area (Å²) in [7, 11) is 0. The van der Waals surface area contributed by atoms with Crippen LogP contribution in [0.2, 0.25) is 0 Å². The number of ether oxygens (including phenoxy) is 1. The number of hydrogen-bond donors (Lipinski definition) is 1. The largest absolute Gasteiger partial charge is 0.481 e. The van der Waals surface area contributed by atoms with Crippen molar-refractivity contribution >= 4 is 71.7 Å². The molecule has 0 bridgehead atoms. The van der Waals surface area contributed by atoms with Crippen LogP contribution in [0.4, 0.5) is 0 Å².